The van der Waals surface area contributed by atoms with Gasteiger partial charge in [0.2, 0.25) is 10.0 Å². The average molecular weight is 479 g/mol. The highest BCUT2D eigenvalue weighted by molar-refractivity contribution is 7.89. The van der Waals surface area contributed by atoms with Crippen molar-refractivity contribution in [2.24, 2.45) is 5.92 Å². The Bertz CT molecular complexity index is 895. The second kappa shape index (κ2) is 10.3. The first kappa shape index (κ1) is 24.9. The van der Waals surface area contributed by atoms with Gasteiger partial charge in [0, 0.05) is 18.6 Å². The summed E-state index contributed by atoms with van der Waals surface area (Å²) in [6.45, 7) is 7.41. The zero-order chi connectivity index (χ0) is 22.6. The maximum Gasteiger partial charge on any atom is 0.340 e. The molecule has 1 N–H and O–H groups in total. The minimum Gasteiger partial charge on any atom is -0.452 e. The Morgan fingerprint density at radius 3 is 2.33 bits per heavy atom. The minimum atomic E-state index is -3.95. The van der Waals surface area contributed by atoms with Crippen LogP contribution in [0.25, 0.3) is 0 Å². The Balaban J connectivity index is 2.16. The Morgan fingerprint density at radius 1 is 1.17 bits per heavy atom. The normalized spacial score (nSPS) is 19.8. The van der Waals surface area contributed by atoms with Crippen LogP contribution in [0.15, 0.2) is 17.0 Å². The van der Waals surface area contributed by atoms with Gasteiger partial charge in [-0.1, -0.05) is 37.0 Å². The fourth-order valence-electron chi connectivity index (χ4n) is 3.44. The number of hydrogen-bond donors (Lipinski definition) is 1. The fourth-order valence-corrected chi connectivity index (χ4v) is 5.50. The van der Waals surface area contributed by atoms with Crippen molar-refractivity contribution in [2.45, 2.75) is 63.9 Å². The lowest BCUT2D eigenvalue weighted by Crippen LogP contribution is -2.49. The number of nitrogens with zero attached hydrogens (tertiary/aromatic N) is 1. The average Bonchev–Trinajstić information content (AvgIpc) is 2.64. The highest BCUT2D eigenvalue weighted by atomic mass is 35.5. The highest BCUT2D eigenvalue weighted by Crippen LogP contribution is 2.29. The van der Waals surface area contributed by atoms with Gasteiger partial charge in [0.25, 0.3) is 5.91 Å². The molecule has 1 amide bonds. The molecule has 1 saturated heterocycles. The number of amides is 1. The summed E-state index contributed by atoms with van der Waals surface area (Å²) in [7, 11) is -3.95. The molecular weight excluding hydrogens is 451 g/mol. The third kappa shape index (κ3) is 6.09. The Kier molecular flexibility index (Phi) is 8.56. The molecule has 0 aromatic heterocycles. The number of halogens is 2. The van der Waals surface area contributed by atoms with E-state index >= 15 is 0 Å². The molecule has 0 saturated carbocycles. The maximum atomic E-state index is 12.6. The number of rotatable bonds is 7. The second-order valence-electron chi connectivity index (χ2n) is 8.01. The van der Waals surface area contributed by atoms with Crippen molar-refractivity contribution in [1.29, 1.82) is 0 Å². The maximum absolute atomic E-state index is 12.6. The number of nitrogens with one attached hydrogen (secondary N) is 1. The van der Waals surface area contributed by atoms with Crippen LogP contribution in [0, 0.1) is 5.92 Å². The van der Waals surface area contributed by atoms with Crippen LogP contribution >= 0.6 is 23.2 Å². The summed E-state index contributed by atoms with van der Waals surface area (Å²) in [5.41, 5.74) is -0.168. The first-order valence-corrected chi connectivity index (χ1v) is 12.1. The topological polar surface area (TPSA) is 92.8 Å². The van der Waals surface area contributed by atoms with Crippen LogP contribution in [0.5, 0.6) is 0 Å². The summed E-state index contributed by atoms with van der Waals surface area (Å²) in [5, 5.41) is -0.167. The molecule has 1 heterocycles. The van der Waals surface area contributed by atoms with Crippen LogP contribution in [0.4, 0.5) is 0 Å². The summed E-state index contributed by atoms with van der Waals surface area (Å²) in [4.78, 5) is 26.5. The number of ether oxygens (including phenoxy) is 1. The van der Waals surface area contributed by atoms with Crippen LogP contribution in [0.3, 0.4) is 0 Å². The molecule has 0 bridgehead atoms. The van der Waals surface area contributed by atoms with E-state index in [0.29, 0.717) is 0 Å². The molecule has 1 aliphatic heterocycles. The molecule has 0 aliphatic carbocycles. The number of esters is 1. The van der Waals surface area contributed by atoms with Crippen LogP contribution in [-0.4, -0.2) is 50.4 Å². The van der Waals surface area contributed by atoms with E-state index in [4.69, 9.17) is 27.9 Å². The van der Waals surface area contributed by atoms with Gasteiger partial charge in [-0.15, -0.1) is 0 Å². The highest BCUT2D eigenvalue weighted by Gasteiger charge is 2.30. The van der Waals surface area contributed by atoms with Crippen molar-refractivity contribution in [2.75, 3.05) is 13.2 Å². The first-order valence-electron chi connectivity index (χ1n) is 9.91. The fraction of sp³-hybridized carbons (Fsp3) is 0.600. The van der Waals surface area contributed by atoms with Crippen molar-refractivity contribution in [3.8, 4) is 0 Å². The summed E-state index contributed by atoms with van der Waals surface area (Å²) in [5.74, 6) is -1.09. The van der Waals surface area contributed by atoms with Crippen molar-refractivity contribution < 1.29 is 22.7 Å². The van der Waals surface area contributed by atoms with E-state index in [0.717, 1.165) is 25.3 Å². The monoisotopic (exact) mass is 478 g/mol. The molecule has 0 spiro atoms. The van der Waals surface area contributed by atoms with E-state index in [2.05, 4.69) is 4.72 Å². The molecule has 30 heavy (non-hydrogen) atoms. The van der Waals surface area contributed by atoms with Gasteiger partial charge in [0.05, 0.1) is 15.6 Å². The van der Waals surface area contributed by atoms with E-state index in [-0.39, 0.29) is 51.0 Å². The number of likely N-dealkylation sites (tertiary alicyclic amines) is 1. The zero-order valence-corrected chi connectivity index (χ0v) is 19.9. The summed E-state index contributed by atoms with van der Waals surface area (Å²) in [6, 6.07) is 2.40. The number of hydrogen-bond acceptors (Lipinski definition) is 5. The van der Waals surface area contributed by atoms with Crippen molar-refractivity contribution in [3.05, 3.63) is 27.7 Å². The predicted molar refractivity (Wildman–Crippen MR) is 116 cm³/mol. The molecule has 168 valence electrons. The molecule has 10 heteroatoms. The van der Waals surface area contributed by atoms with Crippen LogP contribution < -0.4 is 4.72 Å². The summed E-state index contributed by atoms with van der Waals surface area (Å²) >= 11 is 12.1. The third-order valence-electron chi connectivity index (χ3n) is 5.02. The van der Waals surface area contributed by atoms with E-state index in [1.165, 1.54) is 6.07 Å². The molecule has 0 radical (unpaired) electrons. The van der Waals surface area contributed by atoms with E-state index in [1.807, 2.05) is 27.7 Å². The molecule has 1 aliphatic rings. The molecule has 2 atom stereocenters. The van der Waals surface area contributed by atoms with Crippen molar-refractivity contribution in [1.82, 2.24) is 9.62 Å². The Labute approximate surface area is 188 Å². The van der Waals surface area contributed by atoms with Crippen LogP contribution in [0.1, 0.15) is 57.3 Å². The van der Waals surface area contributed by atoms with Gasteiger partial charge in [0.1, 0.15) is 4.90 Å². The molecule has 1 fully saturated rings. The summed E-state index contributed by atoms with van der Waals surface area (Å²) in [6.07, 6.45) is 2.85. The lowest BCUT2D eigenvalue weighted by Gasteiger charge is -2.38. The van der Waals surface area contributed by atoms with E-state index in [9.17, 15) is 18.0 Å². The van der Waals surface area contributed by atoms with E-state index in [1.54, 1.807) is 4.90 Å². The smallest absolute Gasteiger partial charge is 0.340 e. The third-order valence-corrected chi connectivity index (χ3v) is 7.22. The lowest BCUT2D eigenvalue weighted by molar-refractivity contribution is -0.140. The number of carbonyl (C=O) groups is 2. The Hall–Kier alpha value is -1.35. The van der Waals surface area contributed by atoms with Gasteiger partial charge >= 0.3 is 5.97 Å². The van der Waals surface area contributed by atoms with Gasteiger partial charge in [-0.25, -0.2) is 17.9 Å². The molecular formula is C20H28Cl2N2O5S. The van der Waals surface area contributed by atoms with Gasteiger partial charge in [-0.3, -0.25) is 4.79 Å². The number of piperidine rings is 1. The second-order valence-corrected chi connectivity index (χ2v) is 10.6. The lowest BCUT2D eigenvalue weighted by atomic mass is 9.97. The zero-order valence-electron chi connectivity index (χ0n) is 17.6. The number of sulfonamides is 1. The largest absolute Gasteiger partial charge is 0.452 e. The SMILES string of the molecule is CC(C)CNS(=O)(=O)c1cc(C(=O)OCC(=O)N2C(C)CCCC2C)c(Cl)cc1Cl. The van der Waals surface area contributed by atoms with Crippen LogP contribution in [0.2, 0.25) is 10.0 Å². The van der Waals surface area contributed by atoms with Gasteiger partial charge < -0.3 is 9.64 Å². The summed E-state index contributed by atoms with van der Waals surface area (Å²) < 4.78 is 32.7. The van der Waals surface area contributed by atoms with Crippen molar-refractivity contribution in [3.63, 3.8) is 0 Å². The van der Waals surface area contributed by atoms with Gasteiger partial charge in [0.15, 0.2) is 6.61 Å². The van der Waals surface area contributed by atoms with Gasteiger partial charge in [-0.05, 0) is 51.2 Å². The van der Waals surface area contributed by atoms with E-state index < -0.39 is 22.6 Å². The Morgan fingerprint density at radius 2 is 1.77 bits per heavy atom. The molecule has 2 rings (SSSR count). The standard InChI is InChI=1S/C20H28Cl2N2O5S/c1-12(2)10-23-30(27,28)18-8-15(16(21)9-17(18)22)20(26)29-11-19(25)24-13(3)6-5-7-14(24)4/h8-9,12-14,23H,5-7,10-11H2,1-4H3. The molecule has 2 unspecified atom stereocenters. The molecule has 1 aromatic rings. The molecule has 7 nitrogen and oxygen atoms in total. The number of carbonyl (C=O) groups excluding carboxylic acids is 2. The quantitative estimate of drug-likeness (QED) is 0.600. The van der Waals surface area contributed by atoms with Crippen LogP contribution in [-0.2, 0) is 19.6 Å². The number of benzene rings is 1. The molecule has 1 aromatic carbocycles. The minimum absolute atomic E-state index is 0.0556. The van der Waals surface area contributed by atoms with Crippen molar-refractivity contribution >= 4 is 45.1 Å². The predicted octanol–water partition coefficient (Wildman–Crippen LogP) is 3.87. The van der Waals surface area contributed by atoms with Gasteiger partial charge in [-0.2, -0.15) is 0 Å². The first-order chi connectivity index (χ1) is 13.9.